The van der Waals surface area contributed by atoms with E-state index in [0.717, 1.165) is 24.8 Å². The van der Waals surface area contributed by atoms with Gasteiger partial charge < -0.3 is 10.0 Å². The minimum Gasteiger partial charge on any atom is -0.393 e. The van der Waals surface area contributed by atoms with Gasteiger partial charge in [-0.3, -0.25) is 0 Å². The molecule has 5 unspecified atom stereocenters. The lowest BCUT2D eigenvalue weighted by Gasteiger charge is -2.44. The molecular formula is C18H35NO. The highest BCUT2D eigenvalue weighted by Gasteiger charge is 2.36. The van der Waals surface area contributed by atoms with Gasteiger partial charge >= 0.3 is 0 Å². The highest BCUT2D eigenvalue weighted by molar-refractivity contribution is 4.88. The molecule has 2 fully saturated rings. The molecule has 1 N–H and O–H groups in total. The third-order valence-electron chi connectivity index (χ3n) is 5.91. The number of hydrogen-bond donors (Lipinski definition) is 1. The van der Waals surface area contributed by atoms with E-state index in [4.69, 9.17) is 0 Å². The molecule has 0 aromatic carbocycles. The fourth-order valence-electron chi connectivity index (χ4n) is 4.26. The lowest BCUT2D eigenvalue weighted by atomic mass is 9.68. The third kappa shape index (κ3) is 3.98. The molecule has 1 saturated carbocycles. The largest absolute Gasteiger partial charge is 0.393 e. The fourth-order valence-corrected chi connectivity index (χ4v) is 4.26. The van der Waals surface area contributed by atoms with Crippen LogP contribution in [0.2, 0.25) is 0 Å². The van der Waals surface area contributed by atoms with Crippen LogP contribution < -0.4 is 0 Å². The normalized spacial score (nSPS) is 40.8. The first kappa shape index (κ1) is 16.3. The lowest BCUT2D eigenvalue weighted by Crippen LogP contribution is -2.47. The van der Waals surface area contributed by atoms with E-state index in [0.29, 0.717) is 17.4 Å². The van der Waals surface area contributed by atoms with Crippen molar-refractivity contribution in [2.75, 3.05) is 13.1 Å². The van der Waals surface area contributed by atoms with Crippen molar-refractivity contribution < 1.29 is 5.11 Å². The second-order valence-electron chi connectivity index (χ2n) is 8.68. The third-order valence-corrected chi connectivity index (χ3v) is 5.91. The summed E-state index contributed by atoms with van der Waals surface area (Å²) >= 11 is 0. The number of aliphatic hydroxyl groups is 1. The van der Waals surface area contributed by atoms with Gasteiger partial charge in [-0.2, -0.15) is 0 Å². The topological polar surface area (TPSA) is 23.5 Å². The van der Waals surface area contributed by atoms with Gasteiger partial charge in [-0.15, -0.1) is 0 Å². The molecule has 1 aliphatic carbocycles. The van der Waals surface area contributed by atoms with Gasteiger partial charge in [0.2, 0.25) is 0 Å². The Kier molecular flexibility index (Phi) is 5.18. The molecule has 5 atom stereocenters. The molecule has 1 heterocycles. The quantitative estimate of drug-likeness (QED) is 0.829. The molecule has 2 heteroatoms. The number of piperidine rings is 1. The second kappa shape index (κ2) is 6.36. The van der Waals surface area contributed by atoms with Gasteiger partial charge in [-0.05, 0) is 68.7 Å². The molecule has 1 saturated heterocycles. The summed E-state index contributed by atoms with van der Waals surface area (Å²) in [7, 11) is 0. The maximum atomic E-state index is 10.4. The first-order valence-corrected chi connectivity index (χ1v) is 8.69. The summed E-state index contributed by atoms with van der Waals surface area (Å²) < 4.78 is 0. The van der Waals surface area contributed by atoms with Gasteiger partial charge in [0.25, 0.3) is 0 Å². The molecule has 2 rings (SSSR count). The van der Waals surface area contributed by atoms with Crippen molar-refractivity contribution in [3.63, 3.8) is 0 Å². The fraction of sp³-hybridized carbons (Fsp3) is 1.00. The maximum Gasteiger partial charge on any atom is 0.0580 e. The highest BCUT2D eigenvalue weighted by Crippen LogP contribution is 2.41. The molecule has 1 aliphatic heterocycles. The number of aliphatic hydroxyl groups excluding tert-OH is 1. The Hall–Kier alpha value is -0.0800. The second-order valence-corrected chi connectivity index (χ2v) is 8.68. The van der Waals surface area contributed by atoms with E-state index in [2.05, 4.69) is 39.5 Å². The van der Waals surface area contributed by atoms with Gasteiger partial charge in [0.05, 0.1) is 6.10 Å². The van der Waals surface area contributed by atoms with Crippen molar-refractivity contribution in [2.24, 2.45) is 23.2 Å². The van der Waals surface area contributed by atoms with Crippen LogP contribution in [-0.4, -0.2) is 35.2 Å². The van der Waals surface area contributed by atoms with Crippen molar-refractivity contribution in [3.8, 4) is 0 Å². The van der Waals surface area contributed by atoms with Crippen molar-refractivity contribution in [1.82, 2.24) is 4.90 Å². The average molecular weight is 281 g/mol. The van der Waals surface area contributed by atoms with Crippen LogP contribution in [0.15, 0.2) is 0 Å². The van der Waals surface area contributed by atoms with Crippen LogP contribution in [0.1, 0.15) is 66.7 Å². The molecule has 2 aliphatic rings. The predicted molar refractivity (Wildman–Crippen MR) is 85.7 cm³/mol. The van der Waals surface area contributed by atoms with E-state index in [-0.39, 0.29) is 6.10 Å². The molecule has 0 amide bonds. The molecule has 0 radical (unpaired) electrons. The standard InChI is InChI=1S/C18H35NO/c1-13-8-9-19(14(2)10-13)12-15-11-16(18(3,4)5)6-7-17(15)20/h13-17,20H,6-12H2,1-5H3. The summed E-state index contributed by atoms with van der Waals surface area (Å²) in [6.45, 7) is 14.2. The number of nitrogens with zero attached hydrogens (tertiary/aromatic N) is 1. The first-order valence-electron chi connectivity index (χ1n) is 8.69. The van der Waals surface area contributed by atoms with E-state index in [1.54, 1.807) is 0 Å². The zero-order valence-electron chi connectivity index (χ0n) is 14.2. The van der Waals surface area contributed by atoms with Crippen LogP contribution >= 0.6 is 0 Å². The summed E-state index contributed by atoms with van der Waals surface area (Å²) in [5, 5.41) is 10.4. The van der Waals surface area contributed by atoms with Gasteiger partial charge in [0.1, 0.15) is 0 Å². The summed E-state index contributed by atoms with van der Waals surface area (Å²) in [5.74, 6) is 2.14. The lowest BCUT2D eigenvalue weighted by molar-refractivity contribution is -0.00953. The van der Waals surface area contributed by atoms with Crippen molar-refractivity contribution in [1.29, 1.82) is 0 Å². The van der Waals surface area contributed by atoms with Crippen LogP contribution in [0.25, 0.3) is 0 Å². The summed E-state index contributed by atoms with van der Waals surface area (Å²) in [6.07, 6.45) is 6.00. The molecule has 0 spiro atoms. The summed E-state index contributed by atoms with van der Waals surface area (Å²) in [6, 6.07) is 0.695. The van der Waals surface area contributed by atoms with Gasteiger partial charge in [-0.25, -0.2) is 0 Å². The van der Waals surface area contributed by atoms with Gasteiger partial charge in [0.15, 0.2) is 0 Å². The maximum absolute atomic E-state index is 10.4. The smallest absolute Gasteiger partial charge is 0.0580 e. The van der Waals surface area contributed by atoms with Crippen LogP contribution in [-0.2, 0) is 0 Å². The first-order chi connectivity index (χ1) is 9.27. The van der Waals surface area contributed by atoms with Crippen LogP contribution in [0.4, 0.5) is 0 Å². The van der Waals surface area contributed by atoms with E-state index in [9.17, 15) is 5.11 Å². The number of hydrogen-bond acceptors (Lipinski definition) is 2. The number of rotatable bonds is 2. The van der Waals surface area contributed by atoms with Crippen LogP contribution in [0, 0.1) is 23.2 Å². The molecule has 0 aromatic heterocycles. The minimum absolute atomic E-state index is 0.0693. The summed E-state index contributed by atoms with van der Waals surface area (Å²) in [5.41, 5.74) is 0.389. The van der Waals surface area contributed by atoms with Crippen molar-refractivity contribution in [2.45, 2.75) is 78.9 Å². The monoisotopic (exact) mass is 281 g/mol. The van der Waals surface area contributed by atoms with E-state index in [1.807, 2.05) is 0 Å². The van der Waals surface area contributed by atoms with E-state index < -0.39 is 0 Å². The zero-order chi connectivity index (χ0) is 14.9. The predicted octanol–water partition coefficient (Wildman–Crippen LogP) is 3.93. The van der Waals surface area contributed by atoms with E-state index >= 15 is 0 Å². The summed E-state index contributed by atoms with van der Waals surface area (Å²) in [4.78, 5) is 2.64. The molecule has 2 nitrogen and oxygen atoms in total. The Labute approximate surface area is 125 Å². The van der Waals surface area contributed by atoms with Crippen molar-refractivity contribution >= 4 is 0 Å². The Morgan fingerprint density at radius 1 is 1.05 bits per heavy atom. The molecule has 118 valence electrons. The SMILES string of the molecule is CC1CCN(CC2CC(C(C)(C)C)CCC2O)C(C)C1. The highest BCUT2D eigenvalue weighted by atomic mass is 16.3. The molecular weight excluding hydrogens is 246 g/mol. The Morgan fingerprint density at radius 2 is 1.75 bits per heavy atom. The van der Waals surface area contributed by atoms with Gasteiger partial charge in [0, 0.05) is 12.6 Å². The van der Waals surface area contributed by atoms with Crippen molar-refractivity contribution in [3.05, 3.63) is 0 Å². The Bertz CT molecular complexity index is 309. The minimum atomic E-state index is -0.0693. The number of likely N-dealkylation sites (tertiary alicyclic amines) is 1. The Balaban J connectivity index is 1.93. The molecule has 0 aromatic rings. The van der Waals surface area contributed by atoms with Crippen LogP contribution in [0.5, 0.6) is 0 Å². The average Bonchev–Trinajstić information content (AvgIpc) is 2.33. The zero-order valence-corrected chi connectivity index (χ0v) is 14.2. The molecule has 20 heavy (non-hydrogen) atoms. The van der Waals surface area contributed by atoms with E-state index in [1.165, 1.54) is 32.2 Å². The Morgan fingerprint density at radius 3 is 2.35 bits per heavy atom. The molecule has 0 bridgehead atoms. The van der Waals surface area contributed by atoms with Crippen LogP contribution in [0.3, 0.4) is 0 Å². The van der Waals surface area contributed by atoms with Gasteiger partial charge in [-0.1, -0.05) is 27.7 Å².